The molecule has 4 nitrogen and oxygen atoms in total. The van der Waals surface area contributed by atoms with Gasteiger partial charge < -0.3 is 15.9 Å². The van der Waals surface area contributed by atoms with Crippen LogP contribution in [0.5, 0.6) is 0 Å². The molecule has 0 heterocycles. The molecule has 88 valence electrons. The van der Waals surface area contributed by atoms with Crippen LogP contribution < -0.4 is 5.73 Å². The van der Waals surface area contributed by atoms with Gasteiger partial charge in [-0.05, 0) is 30.4 Å². The molecular weight excluding hydrogens is 206 g/mol. The molecule has 0 saturated carbocycles. The Hall–Kier alpha value is -1.39. The Bertz CT molecular complexity index is 329. The Kier molecular flexibility index (Phi) is 4.95. The molecule has 1 atom stereocenters. The number of aryl methyl sites for hydroxylation is 2. The van der Waals surface area contributed by atoms with Gasteiger partial charge in [0.25, 0.3) is 0 Å². The third kappa shape index (κ3) is 3.64. The highest BCUT2D eigenvalue weighted by Crippen LogP contribution is 2.20. The smallest absolute Gasteiger partial charge is 0.322 e. The van der Waals surface area contributed by atoms with Crippen LogP contribution in [0.2, 0.25) is 0 Å². The van der Waals surface area contributed by atoms with E-state index in [-0.39, 0.29) is 0 Å². The van der Waals surface area contributed by atoms with Crippen LogP contribution >= 0.6 is 0 Å². The first kappa shape index (κ1) is 12.7. The number of aliphatic hydroxyl groups excluding tert-OH is 1. The molecule has 2 rings (SSSR count). The van der Waals surface area contributed by atoms with Crippen LogP contribution in [0.3, 0.4) is 0 Å². The van der Waals surface area contributed by atoms with Crippen molar-refractivity contribution in [3.63, 3.8) is 0 Å². The summed E-state index contributed by atoms with van der Waals surface area (Å²) < 4.78 is 0. The van der Waals surface area contributed by atoms with Gasteiger partial charge in [-0.15, -0.1) is 0 Å². The molecule has 0 fully saturated rings. The second-order valence-corrected chi connectivity index (χ2v) is 3.75. The van der Waals surface area contributed by atoms with Gasteiger partial charge in [-0.1, -0.05) is 24.3 Å². The quantitative estimate of drug-likeness (QED) is 0.684. The van der Waals surface area contributed by atoms with Gasteiger partial charge >= 0.3 is 5.97 Å². The van der Waals surface area contributed by atoms with Crippen molar-refractivity contribution in [2.75, 3.05) is 6.61 Å². The summed E-state index contributed by atoms with van der Waals surface area (Å²) in [6.45, 7) is -0.505. The molecule has 4 N–H and O–H groups in total. The van der Waals surface area contributed by atoms with Crippen molar-refractivity contribution in [1.82, 2.24) is 0 Å². The summed E-state index contributed by atoms with van der Waals surface area (Å²) in [5, 5.41) is 15.9. The van der Waals surface area contributed by atoms with E-state index in [0.717, 1.165) is 0 Å². The first-order valence-corrected chi connectivity index (χ1v) is 5.31. The van der Waals surface area contributed by atoms with Gasteiger partial charge in [-0.25, -0.2) is 0 Å². The zero-order valence-corrected chi connectivity index (χ0v) is 9.10. The minimum absolute atomic E-state index is 0.505. The molecule has 0 spiro atoms. The maximum Gasteiger partial charge on any atom is 0.322 e. The lowest BCUT2D eigenvalue weighted by atomic mass is 10.1. The highest BCUT2D eigenvalue weighted by atomic mass is 16.4. The van der Waals surface area contributed by atoms with E-state index >= 15 is 0 Å². The fourth-order valence-corrected chi connectivity index (χ4v) is 1.59. The number of hydrogen-bond donors (Lipinski definition) is 3. The second-order valence-electron chi connectivity index (χ2n) is 3.75. The number of carboxylic acids is 1. The normalized spacial score (nSPS) is 14.6. The number of rotatable bonds is 2. The number of carboxylic acid groups (broad SMARTS) is 1. The van der Waals surface area contributed by atoms with Crippen LogP contribution in [0.4, 0.5) is 0 Å². The molecule has 4 heteroatoms. The van der Waals surface area contributed by atoms with E-state index in [1.165, 1.54) is 19.3 Å². The van der Waals surface area contributed by atoms with Gasteiger partial charge in [0.2, 0.25) is 0 Å². The maximum absolute atomic E-state index is 9.65. The summed E-state index contributed by atoms with van der Waals surface area (Å²) >= 11 is 0. The molecule has 0 saturated heterocycles. The molecule has 1 aromatic rings. The van der Waals surface area contributed by atoms with E-state index < -0.39 is 18.6 Å². The maximum atomic E-state index is 9.65. The third-order valence-corrected chi connectivity index (χ3v) is 2.52. The largest absolute Gasteiger partial charge is 0.480 e. The van der Waals surface area contributed by atoms with Crippen molar-refractivity contribution in [3.8, 4) is 0 Å². The fourth-order valence-electron chi connectivity index (χ4n) is 1.59. The Labute approximate surface area is 94.7 Å². The van der Waals surface area contributed by atoms with E-state index in [2.05, 4.69) is 24.3 Å². The summed E-state index contributed by atoms with van der Waals surface area (Å²) in [4.78, 5) is 9.65. The van der Waals surface area contributed by atoms with Crippen molar-refractivity contribution in [1.29, 1.82) is 0 Å². The predicted molar refractivity (Wildman–Crippen MR) is 61.2 cm³/mol. The van der Waals surface area contributed by atoms with Crippen LogP contribution in [0.1, 0.15) is 17.5 Å². The average Bonchev–Trinajstić information content (AvgIpc) is 2.76. The van der Waals surface area contributed by atoms with Crippen LogP contribution in [-0.2, 0) is 17.6 Å². The standard InChI is InChI=1S/C9H10.C3H7NO3/c1-2-5-9-7-3-6-8(9)4-1;4-2(1-5)3(6)7/h1-2,4-5H,3,6-7H2;2,5H,1,4H2,(H,6,7). The lowest BCUT2D eigenvalue weighted by Gasteiger charge is -1.96. The number of hydrogen-bond acceptors (Lipinski definition) is 3. The molecule has 1 aliphatic rings. The Morgan fingerprint density at radius 3 is 2.12 bits per heavy atom. The Morgan fingerprint density at radius 2 is 1.81 bits per heavy atom. The number of benzene rings is 1. The average molecular weight is 223 g/mol. The van der Waals surface area contributed by atoms with Crippen molar-refractivity contribution in [2.24, 2.45) is 5.73 Å². The van der Waals surface area contributed by atoms with Crippen molar-refractivity contribution in [3.05, 3.63) is 35.4 Å². The number of fused-ring (bicyclic) bond motifs is 1. The van der Waals surface area contributed by atoms with Crippen LogP contribution in [0.15, 0.2) is 24.3 Å². The Balaban J connectivity index is 0.000000168. The molecule has 0 aromatic heterocycles. The molecule has 1 unspecified atom stereocenters. The van der Waals surface area contributed by atoms with Gasteiger partial charge in [-0.2, -0.15) is 0 Å². The first-order chi connectivity index (χ1) is 7.65. The minimum Gasteiger partial charge on any atom is -0.480 e. The first-order valence-electron chi connectivity index (χ1n) is 5.31. The summed E-state index contributed by atoms with van der Waals surface area (Å²) in [6, 6.07) is 7.61. The van der Waals surface area contributed by atoms with Gasteiger partial charge in [0.05, 0.1) is 6.61 Å². The van der Waals surface area contributed by atoms with Gasteiger partial charge in [0.15, 0.2) is 0 Å². The zero-order chi connectivity index (χ0) is 12.0. The van der Waals surface area contributed by atoms with Crippen molar-refractivity contribution < 1.29 is 15.0 Å². The summed E-state index contributed by atoms with van der Waals surface area (Å²) in [7, 11) is 0. The van der Waals surface area contributed by atoms with E-state index in [4.69, 9.17) is 15.9 Å². The highest BCUT2D eigenvalue weighted by molar-refractivity contribution is 5.73. The summed E-state index contributed by atoms with van der Waals surface area (Å²) in [6.07, 6.45) is 3.96. The molecule has 1 aliphatic carbocycles. The lowest BCUT2D eigenvalue weighted by Crippen LogP contribution is -2.33. The number of aliphatic hydroxyl groups is 1. The highest BCUT2D eigenvalue weighted by Gasteiger charge is 2.07. The molecule has 1 aromatic carbocycles. The van der Waals surface area contributed by atoms with Crippen LogP contribution in [-0.4, -0.2) is 28.8 Å². The van der Waals surface area contributed by atoms with Gasteiger partial charge in [-0.3, -0.25) is 4.79 Å². The second kappa shape index (κ2) is 6.25. The molecular formula is C12H17NO3. The molecule has 16 heavy (non-hydrogen) atoms. The lowest BCUT2D eigenvalue weighted by molar-refractivity contribution is -0.139. The molecule has 0 amide bonds. The van der Waals surface area contributed by atoms with Crippen LogP contribution in [0, 0.1) is 0 Å². The number of carbonyl (C=O) groups is 1. The topological polar surface area (TPSA) is 83.5 Å². The van der Waals surface area contributed by atoms with E-state index in [9.17, 15) is 4.79 Å². The number of aliphatic carboxylic acids is 1. The molecule has 0 radical (unpaired) electrons. The minimum atomic E-state index is -1.18. The monoisotopic (exact) mass is 223 g/mol. The van der Waals surface area contributed by atoms with Gasteiger partial charge in [0.1, 0.15) is 6.04 Å². The van der Waals surface area contributed by atoms with Gasteiger partial charge in [0, 0.05) is 0 Å². The Morgan fingerprint density at radius 1 is 1.31 bits per heavy atom. The fraction of sp³-hybridized carbons (Fsp3) is 0.417. The summed E-state index contributed by atoms with van der Waals surface area (Å²) in [5.74, 6) is -1.18. The van der Waals surface area contributed by atoms with E-state index in [0.29, 0.717) is 0 Å². The summed E-state index contributed by atoms with van der Waals surface area (Å²) in [5.41, 5.74) is 7.90. The zero-order valence-electron chi connectivity index (χ0n) is 9.10. The van der Waals surface area contributed by atoms with E-state index in [1.807, 2.05) is 0 Å². The molecule has 0 aliphatic heterocycles. The van der Waals surface area contributed by atoms with E-state index in [1.54, 1.807) is 11.1 Å². The van der Waals surface area contributed by atoms with Crippen molar-refractivity contribution in [2.45, 2.75) is 25.3 Å². The predicted octanol–water partition coefficient (Wildman–Crippen LogP) is 0.566. The van der Waals surface area contributed by atoms with Crippen LogP contribution in [0.25, 0.3) is 0 Å². The third-order valence-electron chi connectivity index (χ3n) is 2.52. The SMILES string of the molecule is NC(CO)C(=O)O.c1ccc2c(c1)CCC2. The van der Waals surface area contributed by atoms with Crippen molar-refractivity contribution >= 4 is 5.97 Å². The number of nitrogens with two attached hydrogens (primary N) is 1. The molecule has 0 bridgehead atoms.